The van der Waals surface area contributed by atoms with Gasteiger partial charge in [-0.1, -0.05) is 0 Å². The highest BCUT2D eigenvalue weighted by Gasteiger charge is 2.27. The van der Waals surface area contributed by atoms with Crippen LogP contribution in [0.3, 0.4) is 0 Å². The number of aromatic hydroxyl groups is 1. The number of likely N-dealkylation sites (tertiary alicyclic amines) is 1. The van der Waals surface area contributed by atoms with Crippen molar-refractivity contribution in [3.8, 4) is 11.5 Å². The molecule has 1 aliphatic rings. The minimum atomic E-state index is -0.126. The Balaban J connectivity index is 1.66. The van der Waals surface area contributed by atoms with Crippen LogP contribution in [-0.2, 0) is 0 Å². The van der Waals surface area contributed by atoms with E-state index in [1.807, 2.05) is 6.92 Å². The zero-order valence-corrected chi connectivity index (χ0v) is 14.1. The molecule has 23 heavy (non-hydrogen) atoms. The molecule has 1 amide bonds. The fourth-order valence-corrected chi connectivity index (χ4v) is 3.85. The first kappa shape index (κ1) is 15.8. The maximum Gasteiger partial charge on any atom is 0.257 e. The van der Waals surface area contributed by atoms with Gasteiger partial charge in [-0.3, -0.25) is 4.79 Å². The van der Waals surface area contributed by atoms with Crippen LogP contribution < -0.4 is 4.74 Å². The molecule has 0 aliphatic carbocycles. The summed E-state index contributed by atoms with van der Waals surface area (Å²) in [7, 11) is 1.53. The predicted octanol–water partition coefficient (Wildman–Crippen LogP) is 3.19. The zero-order valence-electron chi connectivity index (χ0n) is 13.3. The minimum absolute atomic E-state index is 0.0352. The second kappa shape index (κ2) is 6.58. The summed E-state index contributed by atoms with van der Waals surface area (Å²) in [6.07, 6.45) is 1.82. The van der Waals surface area contributed by atoms with Gasteiger partial charge in [0.1, 0.15) is 11.5 Å². The highest BCUT2D eigenvalue weighted by atomic mass is 32.1. The minimum Gasteiger partial charge on any atom is -0.507 e. The largest absolute Gasteiger partial charge is 0.507 e. The second-order valence-corrected chi connectivity index (χ2v) is 6.67. The van der Waals surface area contributed by atoms with Crippen molar-refractivity contribution in [2.24, 2.45) is 0 Å². The van der Waals surface area contributed by atoms with Crippen LogP contribution in [-0.4, -0.2) is 41.1 Å². The Morgan fingerprint density at radius 1 is 1.39 bits per heavy atom. The SMILES string of the molecule is COc1ccc(C(=O)N2CCC(c3nc(C)cs3)CC2)c(O)c1. The van der Waals surface area contributed by atoms with Crippen LogP contribution in [0.2, 0.25) is 0 Å². The van der Waals surface area contributed by atoms with Crippen molar-refractivity contribution in [1.29, 1.82) is 0 Å². The summed E-state index contributed by atoms with van der Waals surface area (Å²) in [4.78, 5) is 18.9. The van der Waals surface area contributed by atoms with Crippen LogP contribution in [0.1, 0.15) is 39.8 Å². The fourth-order valence-electron chi connectivity index (χ4n) is 2.88. The molecule has 1 aliphatic heterocycles. The number of carbonyl (C=O) groups excluding carboxylic acids is 1. The first-order chi connectivity index (χ1) is 11.1. The summed E-state index contributed by atoms with van der Waals surface area (Å²) < 4.78 is 5.05. The van der Waals surface area contributed by atoms with Gasteiger partial charge in [-0.15, -0.1) is 11.3 Å². The van der Waals surface area contributed by atoms with E-state index in [1.54, 1.807) is 28.4 Å². The van der Waals surface area contributed by atoms with E-state index >= 15 is 0 Å². The average Bonchev–Trinajstić information content (AvgIpc) is 3.00. The smallest absolute Gasteiger partial charge is 0.257 e. The lowest BCUT2D eigenvalue weighted by Crippen LogP contribution is -2.37. The third-order valence-electron chi connectivity index (χ3n) is 4.20. The van der Waals surface area contributed by atoms with E-state index in [9.17, 15) is 9.90 Å². The lowest BCUT2D eigenvalue weighted by atomic mass is 9.97. The maximum atomic E-state index is 12.6. The van der Waals surface area contributed by atoms with Crippen molar-refractivity contribution >= 4 is 17.2 Å². The summed E-state index contributed by atoms with van der Waals surface area (Å²) in [5.74, 6) is 0.810. The Morgan fingerprint density at radius 3 is 2.70 bits per heavy atom. The fraction of sp³-hybridized carbons (Fsp3) is 0.412. The number of phenols is 1. The van der Waals surface area contributed by atoms with Crippen LogP contribution in [0.25, 0.3) is 0 Å². The van der Waals surface area contributed by atoms with Crippen molar-refractivity contribution < 1.29 is 14.6 Å². The Kier molecular flexibility index (Phi) is 4.52. The second-order valence-electron chi connectivity index (χ2n) is 5.78. The van der Waals surface area contributed by atoms with Gasteiger partial charge in [0, 0.05) is 36.1 Å². The topological polar surface area (TPSA) is 62.7 Å². The molecule has 0 radical (unpaired) electrons. The molecule has 0 atom stereocenters. The maximum absolute atomic E-state index is 12.6. The number of aryl methyl sites for hydroxylation is 1. The molecule has 0 unspecified atom stereocenters. The van der Waals surface area contributed by atoms with E-state index in [-0.39, 0.29) is 11.7 Å². The third-order valence-corrected chi connectivity index (χ3v) is 5.33. The van der Waals surface area contributed by atoms with E-state index in [2.05, 4.69) is 10.4 Å². The molecular formula is C17H20N2O3S. The van der Waals surface area contributed by atoms with Crippen molar-refractivity contribution in [2.45, 2.75) is 25.7 Å². The predicted molar refractivity (Wildman–Crippen MR) is 89.4 cm³/mol. The molecule has 5 nitrogen and oxygen atoms in total. The van der Waals surface area contributed by atoms with Crippen LogP contribution in [0, 0.1) is 6.92 Å². The van der Waals surface area contributed by atoms with Gasteiger partial charge in [0.05, 0.1) is 17.7 Å². The number of methoxy groups -OCH3 is 1. The molecule has 6 heteroatoms. The Hall–Kier alpha value is -2.08. The number of rotatable bonds is 3. The number of amides is 1. The number of piperidine rings is 1. The van der Waals surface area contributed by atoms with Gasteiger partial charge in [-0.25, -0.2) is 4.98 Å². The van der Waals surface area contributed by atoms with Crippen molar-refractivity contribution in [3.63, 3.8) is 0 Å². The Labute approximate surface area is 139 Å². The van der Waals surface area contributed by atoms with Gasteiger partial charge in [0.15, 0.2) is 0 Å². The van der Waals surface area contributed by atoms with E-state index in [0.29, 0.717) is 30.3 Å². The third kappa shape index (κ3) is 3.32. The molecule has 1 fully saturated rings. The van der Waals surface area contributed by atoms with Crippen molar-refractivity contribution in [2.75, 3.05) is 20.2 Å². The van der Waals surface area contributed by atoms with Crippen LogP contribution >= 0.6 is 11.3 Å². The average molecular weight is 332 g/mol. The van der Waals surface area contributed by atoms with Gasteiger partial charge in [-0.2, -0.15) is 0 Å². The quantitative estimate of drug-likeness (QED) is 0.937. The molecule has 3 rings (SSSR count). The van der Waals surface area contributed by atoms with E-state index in [4.69, 9.17) is 4.74 Å². The molecule has 1 saturated heterocycles. The number of thiazole rings is 1. The highest BCUT2D eigenvalue weighted by molar-refractivity contribution is 7.09. The number of nitrogens with zero attached hydrogens (tertiary/aromatic N) is 2. The van der Waals surface area contributed by atoms with Crippen molar-refractivity contribution in [3.05, 3.63) is 39.8 Å². The molecule has 0 spiro atoms. The number of carbonyl (C=O) groups is 1. The van der Waals surface area contributed by atoms with Gasteiger partial charge in [-0.05, 0) is 31.9 Å². The van der Waals surface area contributed by atoms with E-state index in [1.165, 1.54) is 18.2 Å². The van der Waals surface area contributed by atoms with Gasteiger partial charge in [0.2, 0.25) is 0 Å². The Morgan fingerprint density at radius 2 is 2.13 bits per heavy atom. The summed E-state index contributed by atoms with van der Waals surface area (Å²) in [5.41, 5.74) is 1.39. The number of aromatic nitrogens is 1. The molecule has 2 heterocycles. The van der Waals surface area contributed by atoms with Gasteiger partial charge >= 0.3 is 0 Å². The number of hydrogen-bond acceptors (Lipinski definition) is 5. The molecule has 0 bridgehead atoms. The van der Waals surface area contributed by atoms with E-state index in [0.717, 1.165) is 18.5 Å². The van der Waals surface area contributed by atoms with E-state index < -0.39 is 0 Å². The lowest BCUT2D eigenvalue weighted by Gasteiger charge is -2.31. The molecule has 1 aromatic carbocycles. The highest BCUT2D eigenvalue weighted by Crippen LogP contribution is 2.32. The Bertz CT molecular complexity index is 706. The number of benzene rings is 1. The first-order valence-corrected chi connectivity index (χ1v) is 8.54. The van der Waals surface area contributed by atoms with Crippen LogP contribution in [0.15, 0.2) is 23.6 Å². The zero-order chi connectivity index (χ0) is 16.4. The molecule has 122 valence electrons. The summed E-state index contributed by atoms with van der Waals surface area (Å²) >= 11 is 1.70. The molecule has 0 saturated carbocycles. The molecule has 1 aromatic heterocycles. The first-order valence-electron chi connectivity index (χ1n) is 7.67. The molecular weight excluding hydrogens is 312 g/mol. The number of hydrogen-bond donors (Lipinski definition) is 1. The van der Waals surface area contributed by atoms with Crippen LogP contribution in [0.4, 0.5) is 0 Å². The number of phenolic OH excluding ortho intramolecular Hbond substituents is 1. The number of ether oxygens (including phenoxy) is 1. The van der Waals surface area contributed by atoms with Gasteiger partial charge < -0.3 is 14.7 Å². The van der Waals surface area contributed by atoms with Crippen molar-refractivity contribution in [1.82, 2.24) is 9.88 Å². The normalized spacial score (nSPS) is 15.7. The lowest BCUT2D eigenvalue weighted by molar-refractivity contribution is 0.0710. The molecule has 1 N–H and O–H groups in total. The molecule has 2 aromatic rings. The summed E-state index contributed by atoms with van der Waals surface area (Å²) in [6, 6.07) is 4.78. The summed E-state index contributed by atoms with van der Waals surface area (Å²) in [5, 5.41) is 13.3. The van der Waals surface area contributed by atoms with Crippen LogP contribution in [0.5, 0.6) is 11.5 Å². The summed E-state index contributed by atoms with van der Waals surface area (Å²) in [6.45, 7) is 3.38. The van der Waals surface area contributed by atoms with Gasteiger partial charge in [0.25, 0.3) is 5.91 Å². The standard InChI is InChI=1S/C17H20N2O3S/c1-11-10-23-16(18-11)12-5-7-19(8-6-12)17(21)14-4-3-13(22-2)9-15(14)20/h3-4,9-10,12,20H,5-8H2,1-2H3. The monoisotopic (exact) mass is 332 g/mol.